The highest BCUT2D eigenvalue weighted by molar-refractivity contribution is 5.66. The zero-order chi connectivity index (χ0) is 11.0. The van der Waals surface area contributed by atoms with Crippen LogP contribution in [0.25, 0.3) is 0 Å². The van der Waals surface area contributed by atoms with E-state index in [0.717, 1.165) is 17.3 Å². The molecule has 92 valence electrons. The Morgan fingerprint density at radius 3 is 1.93 bits per heavy atom. The minimum atomic E-state index is -0.670. The molecule has 0 saturated carbocycles. The summed E-state index contributed by atoms with van der Waals surface area (Å²) in [5.74, 6) is -0.670. The fraction of sp³-hybridized carbons (Fsp3) is 0.909. The summed E-state index contributed by atoms with van der Waals surface area (Å²) in [6, 6.07) is 0. The molecule has 0 spiro atoms. The highest BCUT2D eigenvalue weighted by Gasteiger charge is 2.05. The molecular weight excluding hydrogens is 214 g/mol. The van der Waals surface area contributed by atoms with Gasteiger partial charge in [-0.15, -0.1) is 0 Å². The maximum Gasteiger partial charge on any atom is 0.303 e. The molecule has 0 saturated heterocycles. The Morgan fingerprint density at radius 2 is 1.47 bits per heavy atom. The topological polar surface area (TPSA) is 37.3 Å². The number of carboxylic acids is 1. The lowest BCUT2D eigenvalue weighted by molar-refractivity contribution is -0.870. The van der Waals surface area contributed by atoms with Gasteiger partial charge in [0.05, 0.1) is 27.7 Å². The van der Waals surface area contributed by atoms with Crippen molar-refractivity contribution in [1.29, 1.82) is 0 Å². The number of hydrogen-bond acceptors (Lipinski definition) is 1. The fourth-order valence-electron chi connectivity index (χ4n) is 1.39. The second-order valence-electron chi connectivity index (χ2n) is 4.93. The average Bonchev–Trinajstić information content (AvgIpc) is 2.00. The summed E-state index contributed by atoms with van der Waals surface area (Å²) in [6.45, 7) is 1.21. The van der Waals surface area contributed by atoms with E-state index in [-0.39, 0.29) is 12.4 Å². The number of aliphatic carboxylic acids is 1. The number of carbonyl (C=O) groups is 1. The van der Waals surface area contributed by atoms with Crippen molar-refractivity contribution in [3.8, 4) is 0 Å². The normalized spacial score (nSPS) is 10.9. The first-order chi connectivity index (χ1) is 6.42. The van der Waals surface area contributed by atoms with Crippen molar-refractivity contribution in [3.63, 3.8) is 0 Å². The molecule has 1 N–H and O–H groups in total. The van der Waals surface area contributed by atoms with E-state index in [1.54, 1.807) is 0 Å². The maximum absolute atomic E-state index is 10.2. The van der Waals surface area contributed by atoms with Crippen molar-refractivity contribution < 1.29 is 26.8 Å². The quantitative estimate of drug-likeness (QED) is 0.440. The zero-order valence-electron chi connectivity index (χ0n) is 10.1. The van der Waals surface area contributed by atoms with Crippen LogP contribution in [0.4, 0.5) is 0 Å². The van der Waals surface area contributed by atoms with Gasteiger partial charge in [0, 0.05) is 6.42 Å². The predicted molar refractivity (Wildman–Crippen MR) is 58.2 cm³/mol. The first-order valence-corrected chi connectivity index (χ1v) is 5.44. The number of hydrogen-bond donors (Lipinski definition) is 1. The van der Waals surface area contributed by atoms with Gasteiger partial charge in [0.25, 0.3) is 0 Å². The van der Waals surface area contributed by atoms with Gasteiger partial charge in [0.1, 0.15) is 0 Å². The van der Waals surface area contributed by atoms with E-state index < -0.39 is 5.97 Å². The third-order valence-electron chi connectivity index (χ3n) is 2.22. The van der Waals surface area contributed by atoms with Crippen LogP contribution in [0.3, 0.4) is 0 Å². The molecule has 0 aromatic rings. The van der Waals surface area contributed by atoms with Gasteiger partial charge in [-0.05, 0) is 19.3 Å². The molecule has 0 heterocycles. The number of nitrogens with zero attached hydrogens (tertiary/aromatic N) is 1. The van der Waals surface area contributed by atoms with E-state index >= 15 is 0 Å². The van der Waals surface area contributed by atoms with Gasteiger partial charge < -0.3 is 22.0 Å². The minimum Gasteiger partial charge on any atom is -1.00 e. The number of halogens is 1. The molecule has 0 radical (unpaired) electrons. The molecular formula is C11H24ClNO2. The Hall–Kier alpha value is -0.280. The highest BCUT2D eigenvalue weighted by atomic mass is 35.5. The van der Waals surface area contributed by atoms with Crippen LogP contribution >= 0.6 is 0 Å². The summed E-state index contributed by atoms with van der Waals surface area (Å²) in [6.07, 6.45) is 5.87. The van der Waals surface area contributed by atoms with Gasteiger partial charge in [-0.3, -0.25) is 4.79 Å². The van der Waals surface area contributed by atoms with Gasteiger partial charge in [-0.2, -0.15) is 0 Å². The molecule has 4 heteroatoms. The molecule has 0 aliphatic carbocycles. The van der Waals surface area contributed by atoms with Crippen LogP contribution in [0, 0.1) is 0 Å². The molecule has 0 fully saturated rings. The van der Waals surface area contributed by atoms with E-state index in [1.807, 2.05) is 0 Å². The van der Waals surface area contributed by atoms with Crippen molar-refractivity contribution in [2.45, 2.75) is 38.5 Å². The van der Waals surface area contributed by atoms with Gasteiger partial charge in [0.15, 0.2) is 0 Å². The summed E-state index contributed by atoms with van der Waals surface area (Å²) in [5, 5.41) is 8.42. The van der Waals surface area contributed by atoms with Crippen molar-refractivity contribution >= 4 is 5.97 Å². The predicted octanol–water partition coefficient (Wildman–Crippen LogP) is -0.878. The molecule has 0 aromatic carbocycles. The fourth-order valence-corrected chi connectivity index (χ4v) is 1.39. The highest BCUT2D eigenvalue weighted by Crippen LogP contribution is 2.06. The number of carboxylic acid groups (broad SMARTS) is 1. The second-order valence-corrected chi connectivity index (χ2v) is 4.93. The zero-order valence-corrected chi connectivity index (χ0v) is 10.9. The molecule has 0 aromatic heterocycles. The van der Waals surface area contributed by atoms with Gasteiger partial charge in [-0.1, -0.05) is 12.8 Å². The largest absolute Gasteiger partial charge is 1.00 e. The Kier molecular flexibility index (Phi) is 10.3. The van der Waals surface area contributed by atoms with Crippen LogP contribution in [-0.4, -0.2) is 43.2 Å². The number of unbranched alkanes of at least 4 members (excludes halogenated alkanes) is 4. The molecule has 0 aliphatic rings. The first-order valence-electron chi connectivity index (χ1n) is 5.44. The van der Waals surface area contributed by atoms with Crippen LogP contribution in [0.2, 0.25) is 0 Å². The lowest BCUT2D eigenvalue weighted by Gasteiger charge is -2.23. The first kappa shape index (κ1) is 17.1. The SMILES string of the molecule is C[N+](C)(C)CCCCCCCC(=O)O.[Cl-]. The molecule has 0 bridgehead atoms. The van der Waals surface area contributed by atoms with E-state index in [4.69, 9.17) is 5.11 Å². The average molecular weight is 238 g/mol. The minimum absolute atomic E-state index is 0. The monoisotopic (exact) mass is 237 g/mol. The van der Waals surface area contributed by atoms with Crippen LogP contribution in [0.5, 0.6) is 0 Å². The van der Waals surface area contributed by atoms with Crippen molar-refractivity contribution in [1.82, 2.24) is 0 Å². The number of rotatable bonds is 8. The summed E-state index contributed by atoms with van der Waals surface area (Å²) in [4.78, 5) is 10.2. The van der Waals surface area contributed by atoms with E-state index in [9.17, 15) is 4.79 Å². The Morgan fingerprint density at radius 1 is 1.00 bits per heavy atom. The number of quaternary nitrogens is 1. The Bertz CT molecular complexity index is 166. The summed E-state index contributed by atoms with van der Waals surface area (Å²) in [5.41, 5.74) is 0. The molecule has 0 unspecified atom stereocenters. The Labute approximate surface area is 99.5 Å². The Balaban J connectivity index is 0. The van der Waals surface area contributed by atoms with Gasteiger partial charge >= 0.3 is 5.97 Å². The molecule has 0 amide bonds. The molecule has 0 aliphatic heterocycles. The van der Waals surface area contributed by atoms with Crippen molar-refractivity contribution in [2.75, 3.05) is 27.7 Å². The van der Waals surface area contributed by atoms with Gasteiger partial charge in [-0.25, -0.2) is 0 Å². The lowest BCUT2D eigenvalue weighted by atomic mass is 10.1. The van der Waals surface area contributed by atoms with Gasteiger partial charge in [0.2, 0.25) is 0 Å². The molecule has 3 nitrogen and oxygen atoms in total. The molecule has 0 rings (SSSR count). The van der Waals surface area contributed by atoms with Crippen LogP contribution in [0.15, 0.2) is 0 Å². The summed E-state index contributed by atoms with van der Waals surface area (Å²) >= 11 is 0. The summed E-state index contributed by atoms with van der Waals surface area (Å²) in [7, 11) is 6.60. The van der Waals surface area contributed by atoms with E-state index in [0.29, 0.717) is 6.42 Å². The van der Waals surface area contributed by atoms with Crippen molar-refractivity contribution in [3.05, 3.63) is 0 Å². The lowest BCUT2D eigenvalue weighted by Crippen LogP contribution is -3.00. The summed E-state index contributed by atoms with van der Waals surface area (Å²) < 4.78 is 1.02. The van der Waals surface area contributed by atoms with Crippen LogP contribution in [-0.2, 0) is 4.79 Å². The molecule has 15 heavy (non-hydrogen) atoms. The van der Waals surface area contributed by atoms with Crippen LogP contribution in [0.1, 0.15) is 38.5 Å². The molecule has 0 atom stereocenters. The third-order valence-corrected chi connectivity index (χ3v) is 2.22. The van der Waals surface area contributed by atoms with Crippen LogP contribution < -0.4 is 12.4 Å². The van der Waals surface area contributed by atoms with E-state index in [2.05, 4.69) is 21.1 Å². The van der Waals surface area contributed by atoms with Crippen molar-refractivity contribution in [2.24, 2.45) is 0 Å². The maximum atomic E-state index is 10.2. The third kappa shape index (κ3) is 16.4. The second kappa shape index (κ2) is 8.98. The van der Waals surface area contributed by atoms with E-state index in [1.165, 1.54) is 25.8 Å². The smallest absolute Gasteiger partial charge is 0.303 e. The standard InChI is InChI=1S/C11H23NO2.ClH/c1-12(2,3)10-8-6-4-5-7-9-11(13)14;/h4-10H2,1-3H3;1H.